The number of benzene rings is 2. The van der Waals surface area contributed by atoms with Gasteiger partial charge in [-0.2, -0.15) is 0 Å². The molecular formula is C16H22NP. The molecule has 1 saturated carbocycles. The summed E-state index contributed by atoms with van der Waals surface area (Å²) >= 11 is 0. The zero-order chi connectivity index (χ0) is 12.6. The van der Waals surface area contributed by atoms with Gasteiger partial charge in [-0.15, -0.1) is 0 Å². The third-order valence-corrected chi connectivity index (χ3v) is 4.55. The van der Waals surface area contributed by atoms with Gasteiger partial charge in [-0.1, -0.05) is 76.5 Å². The Morgan fingerprint density at radius 3 is 1.56 bits per heavy atom. The van der Waals surface area contributed by atoms with Crippen molar-refractivity contribution in [2.45, 2.75) is 37.8 Å². The van der Waals surface area contributed by atoms with E-state index in [-0.39, 0.29) is 0 Å². The predicted octanol–water partition coefficient (Wildman–Crippen LogP) is 4.71. The Balaban J connectivity index is 0.000000138. The van der Waals surface area contributed by atoms with Crippen molar-refractivity contribution >= 4 is 19.5 Å². The highest BCUT2D eigenvalue weighted by Crippen LogP contribution is 2.27. The van der Waals surface area contributed by atoms with Gasteiger partial charge in [-0.25, -0.2) is 0 Å². The van der Waals surface area contributed by atoms with Crippen molar-refractivity contribution in [2.75, 3.05) is 0 Å². The molecular weight excluding hydrogens is 237 g/mol. The summed E-state index contributed by atoms with van der Waals surface area (Å²) in [7, 11) is 0.707. The highest BCUT2D eigenvalue weighted by Gasteiger charge is 2.10. The minimum absolute atomic E-state index is 0.707. The van der Waals surface area contributed by atoms with Crippen LogP contribution in [0.1, 0.15) is 32.1 Å². The Morgan fingerprint density at radius 2 is 1.22 bits per heavy atom. The molecule has 1 unspecified atom stereocenters. The van der Waals surface area contributed by atoms with Crippen molar-refractivity contribution < 1.29 is 0 Å². The molecule has 2 heteroatoms. The van der Waals surface area contributed by atoms with Gasteiger partial charge in [0.2, 0.25) is 0 Å². The zero-order valence-corrected chi connectivity index (χ0v) is 11.8. The first kappa shape index (κ1) is 13.5. The van der Waals surface area contributed by atoms with Crippen LogP contribution in [0.25, 0.3) is 10.8 Å². The topological polar surface area (TPSA) is 26.0 Å². The molecule has 0 heterocycles. The van der Waals surface area contributed by atoms with Crippen LogP contribution in [-0.2, 0) is 0 Å². The standard InChI is InChI=1S/C10H8.C6H14NP/c1-2-6-10-8-4-3-7-9(10)5-1;7-8-6-4-2-1-3-5-6/h1-8H;6,8H,1-5,7H2. The first-order chi connectivity index (χ1) is 8.90. The Kier molecular flexibility index (Phi) is 5.64. The van der Waals surface area contributed by atoms with E-state index in [1.165, 1.54) is 42.9 Å². The van der Waals surface area contributed by atoms with Crippen molar-refractivity contribution in [2.24, 2.45) is 5.50 Å². The third-order valence-electron chi connectivity index (χ3n) is 3.50. The van der Waals surface area contributed by atoms with E-state index in [1.54, 1.807) is 0 Å². The predicted molar refractivity (Wildman–Crippen MR) is 83.3 cm³/mol. The zero-order valence-electron chi connectivity index (χ0n) is 10.8. The molecule has 1 atom stereocenters. The van der Waals surface area contributed by atoms with E-state index in [4.69, 9.17) is 5.50 Å². The average molecular weight is 259 g/mol. The fourth-order valence-corrected chi connectivity index (χ4v) is 3.14. The van der Waals surface area contributed by atoms with Gasteiger partial charge in [0.1, 0.15) is 0 Å². The van der Waals surface area contributed by atoms with E-state index in [1.807, 2.05) is 0 Å². The average Bonchev–Trinajstić information content (AvgIpc) is 2.49. The summed E-state index contributed by atoms with van der Waals surface area (Å²) in [5, 5.41) is 2.62. The van der Waals surface area contributed by atoms with Crippen molar-refractivity contribution in [1.82, 2.24) is 0 Å². The van der Waals surface area contributed by atoms with Gasteiger partial charge in [0.25, 0.3) is 0 Å². The summed E-state index contributed by atoms with van der Waals surface area (Å²) in [6, 6.07) is 16.7. The molecule has 0 saturated heterocycles. The van der Waals surface area contributed by atoms with Gasteiger partial charge in [-0.05, 0) is 29.3 Å². The summed E-state index contributed by atoms with van der Waals surface area (Å²) in [4.78, 5) is 0. The molecule has 1 fully saturated rings. The quantitative estimate of drug-likeness (QED) is 0.737. The van der Waals surface area contributed by atoms with Crippen LogP contribution in [0, 0.1) is 0 Å². The minimum Gasteiger partial charge on any atom is -0.312 e. The fourth-order valence-electron chi connectivity index (χ4n) is 2.40. The SMILES string of the molecule is NPC1CCCCC1.c1ccc2ccccc2c1. The maximum atomic E-state index is 5.53. The maximum Gasteiger partial charge on any atom is -0.0108 e. The molecule has 0 spiro atoms. The molecule has 0 aromatic heterocycles. The van der Waals surface area contributed by atoms with Crippen LogP contribution in [0.15, 0.2) is 48.5 Å². The molecule has 1 aliphatic rings. The summed E-state index contributed by atoms with van der Waals surface area (Å²) in [5.74, 6) is 0. The van der Waals surface area contributed by atoms with Gasteiger partial charge in [0.15, 0.2) is 0 Å². The van der Waals surface area contributed by atoms with E-state index >= 15 is 0 Å². The van der Waals surface area contributed by atoms with E-state index < -0.39 is 0 Å². The molecule has 0 aliphatic heterocycles. The molecule has 1 aliphatic carbocycles. The monoisotopic (exact) mass is 259 g/mol. The minimum atomic E-state index is 0.707. The third kappa shape index (κ3) is 4.08. The lowest BCUT2D eigenvalue weighted by Gasteiger charge is -2.18. The van der Waals surface area contributed by atoms with Crippen molar-refractivity contribution in [3.05, 3.63) is 48.5 Å². The summed E-state index contributed by atoms with van der Waals surface area (Å²) in [5.41, 5.74) is 6.42. The Labute approximate surface area is 112 Å². The normalized spacial score (nSPS) is 16.7. The molecule has 0 radical (unpaired) electrons. The van der Waals surface area contributed by atoms with Gasteiger partial charge in [0.05, 0.1) is 0 Å². The lowest BCUT2D eigenvalue weighted by Crippen LogP contribution is -2.07. The molecule has 2 aromatic rings. The number of nitrogens with two attached hydrogens (primary N) is 1. The summed E-state index contributed by atoms with van der Waals surface area (Å²) in [6.45, 7) is 0. The number of hydrogen-bond donors (Lipinski definition) is 1. The van der Waals surface area contributed by atoms with Gasteiger partial charge < -0.3 is 5.50 Å². The highest BCUT2D eigenvalue weighted by molar-refractivity contribution is 7.36. The first-order valence-corrected chi connectivity index (χ1v) is 7.95. The van der Waals surface area contributed by atoms with E-state index in [0.29, 0.717) is 8.73 Å². The molecule has 2 N–H and O–H groups in total. The molecule has 3 rings (SSSR count). The second-order valence-corrected chi connectivity index (χ2v) is 6.00. The lowest BCUT2D eigenvalue weighted by molar-refractivity contribution is 0.513. The smallest absolute Gasteiger partial charge is 0.0108 e. The summed E-state index contributed by atoms with van der Waals surface area (Å²) in [6.07, 6.45) is 7.09. The van der Waals surface area contributed by atoms with E-state index in [2.05, 4.69) is 48.5 Å². The molecule has 0 amide bonds. The van der Waals surface area contributed by atoms with Crippen LogP contribution in [0.5, 0.6) is 0 Å². The van der Waals surface area contributed by atoms with Crippen LogP contribution in [-0.4, -0.2) is 5.66 Å². The van der Waals surface area contributed by atoms with Gasteiger partial charge >= 0.3 is 0 Å². The van der Waals surface area contributed by atoms with Crippen molar-refractivity contribution in [3.63, 3.8) is 0 Å². The van der Waals surface area contributed by atoms with Crippen LogP contribution >= 0.6 is 8.73 Å². The highest BCUT2D eigenvalue weighted by atomic mass is 31.1. The molecule has 0 bridgehead atoms. The van der Waals surface area contributed by atoms with Gasteiger partial charge in [0, 0.05) is 0 Å². The van der Waals surface area contributed by atoms with Crippen molar-refractivity contribution in [1.29, 1.82) is 0 Å². The Hall–Kier alpha value is -0.910. The van der Waals surface area contributed by atoms with Crippen LogP contribution in [0.4, 0.5) is 0 Å². The second-order valence-electron chi connectivity index (χ2n) is 4.85. The van der Waals surface area contributed by atoms with Gasteiger partial charge in [-0.3, -0.25) is 0 Å². The van der Waals surface area contributed by atoms with E-state index in [0.717, 1.165) is 5.66 Å². The first-order valence-electron chi connectivity index (χ1n) is 6.80. The van der Waals surface area contributed by atoms with E-state index in [9.17, 15) is 0 Å². The van der Waals surface area contributed by atoms with Crippen LogP contribution in [0.3, 0.4) is 0 Å². The number of rotatable bonds is 1. The molecule has 96 valence electrons. The Morgan fingerprint density at radius 1 is 0.778 bits per heavy atom. The maximum absolute atomic E-state index is 5.53. The fraction of sp³-hybridized carbons (Fsp3) is 0.375. The number of hydrogen-bond acceptors (Lipinski definition) is 1. The van der Waals surface area contributed by atoms with Crippen molar-refractivity contribution in [3.8, 4) is 0 Å². The van der Waals surface area contributed by atoms with Crippen LogP contribution < -0.4 is 5.50 Å². The largest absolute Gasteiger partial charge is 0.312 e. The summed E-state index contributed by atoms with van der Waals surface area (Å²) < 4.78 is 0. The molecule has 18 heavy (non-hydrogen) atoms. The van der Waals surface area contributed by atoms with Crippen LogP contribution in [0.2, 0.25) is 0 Å². The molecule has 2 aromatic carbocycles. The molecule has 1 nitrogen and oxygen atoms in total. The lowest BCUT2D eigenvalue weighted by atomic mass is 10.0. The Bertz CT molecular complexity index is 398. The number of fused-ring (bicyclic) bond motifs is 1. The second kappa shape index (κ2) is 7.51.